The van der Waals surface area contributed by atoms with Gasteiger partial charge in [-0.3, -0.25) is 0 Å². The summed E-state index contributed by atoms with van der Waals surface area (Å²) in [6, 6.07) is 3.38. The Morgan fingerprint density at radius 2 is 1.97 bits per heavy atom. The fourth-order valence-corrected chi connectivity index (χ4v) is 4.79. The Labute approximate surface area is 193 Å². The average Bonchev–Trinajstić information content (AvgIpc) is 3.27. The Bertz CT molecular complexity index is 1270. The van der Waals surface area contributed by atoms with Crippen LogP contribution in [0.25, 0.3) is 22.9 Å². The number of nitrogens with two attached hydrogens (primary N) is 2. The van der Waals surface area contributed by atoms with E-state index in [0.29, 0.717) is 12.0 Å². The summed E-state index contributed by atoms with van der Waals surface area (Å²) in [5, 5.41) is 13.6. The zero-order valence-corrected chi connectivity index (χ0v) is 19.2. The minimum absolute atomic E-state index is 0.0446. The third-order valence-corrected chi connectivity index (χ3v) is 6.12. The fourth-order valence-electron chi connectivity index (χ4n) is 4.79. The van der Waals surface area contributed by atoms with Gasteiger partial charge in [-0.1, -0.05) is 0 Å². The van der Waals surface area contributed by atoms with Crippen molar-refractivity contribution < 1.29 is 27.1 Å². The van der Waals surface area contributed by atoms with Gasteiger partial charge < -0.3 is 30.9 Å². The molecule has 0 bridgehead atoms. The number of benzene rings is 1. The fraction of sp³-hybridized carbons (Fsp3) is 0.435. The van der Waals surface area contributed by atoms with Crippen molar-refractivity contribution in [3.63, 3.8) is 0 Å². The minimum Gasteiger partial charge on any atom is -0.507 e. The summed E-state index contributed by atoms with van der Waals surface area (Å²) in [5.41, 5.74) is 11.7. The van der Waals surface area contributed by atoms with Gasteiger partial charge in [0, 0.05) is 40.2 Å². The van der Waals surface area contributed by atoms with Crippen molar-refractivity contribution in [2.45, 2.75) is 63.6 Å². The Kier molecular flexibility index (Phi) is 5.39. The van der Waals surface area contributed by atoms with E-state index in [1.165, 1.54) is 12.1 Å². The van der Waals surface area contributed by atoms with Crippen LogP contribution in [-0.2, 0) is 6.18 Å². The van der Waals surface area contributed by atoms with Gasteiger partial charge in [0.15, 0.2) is 5.58 Å². The van der Waals surface area contributed by atoms with E-state index in [0.717, 1.165) is 6.07 Å². The number of phenolic OH excluding ortho intramolecular Hbond substituents is 1. The van der Waals surface area contributed by atoms with Gasteiger partial charge in [0.2, 0.25) is 0 Å². The van der Waals surface area contributed by atoms with Crippen molar-refractivity contribution in [2.75, 3.05) is 5.73 Å². The highest BCUT2D eigenvalue weighted by Crippen LogP contribution is 2.41. The van der Waals surface area contributed by atoms with Crippen LogP contribution >= 0.6 is 0 Å². The van der Waals surface area contributed by atoms with Crippen LogP contribution in [0.5, 0.6) is 5.75 Å². The molecule has 0 spiro atoms. The Morgan fingerprint density at radius 1 is 1.29 bits per heavy atom. The van der Waals surface area contributed by atoms with Crippen molar-refractivity contribution in [3.8, 4) is 5.75 Å². The SMILES string of the molecule is CC1(C)CC(n2ccc(/C=C(\N)c3cc4nc(C(F)(F)F)oc4cc3O)c2N)C(F)C(C)(C)N1. The lowest BCUT2D eigenvalue weighted by Gasteiger charge is -2.49. The van der Waals surface area contributed by atoms with Gasteiger partial charge in [-0.05, 0) is 52.3 Å². The third-order valence-electron chi connectivity index (χ3n) is 6.12. The largest absolute Gasteiger partial charge is 0.507 e. The standard InChI is InChI=1S/C23H27F4N5O2/c1-21(2)10-15(18(24)22(3,4)31-21)32-6-5-11(19(32)29)7-13(28)12-8-14-17(9-16(12)33)34-20(30-14)23(25,26)27/h5-9,15,18,31,33H,10,28-29H2,1-4H3/b13-7-. The van der Waals surface area contributed by atoms with E-state index in [-0.39, 0.29) is 39.5 Å². The number of piperidine rings is 1. The molecule has 1 fully saturated rings. The number of hydrogen-bond donors (Lipinski definition) is 4. The number of nitrogens with zero attached hydrogens (tertiary/aromatic N) is 2. The van der Waals surface area contributed by atoms with Crippen molar-refractivity contribution in [1.29, 1.82) is 0 Å². The second-order valence-corrected chi connectivity index (χ2v) is 9.92. The van der Waals surface area contributed by atoms with E-state index >= 15 is 4.39 Å². The van der Waals surface area contributed by atoms with Crippen molar-refractivity contribution in [2.24, 2.45) is 5.73 Å². The molecule has 2 unspecified atom stereocenters. The molecule has 1 aliphatic rings. The molecule has 11 heteroatoms. The third kappa shape index (κ3) is 4.20. The van der Waals surface area contributed by atoms with Crippen LogP contribution in [0.1, 0.15) is 57.2 Å². The van der Waals surface area contributed by atoms with Gasteiger partial charge in [0.1, 0.15) is 23.3 Å². The van der Waals surface area contributed by atoms with E-state index < -0.39 is 29.8 Å². The topological polar surface area (TPSA) is 115 Å². The molecule has 0 amide bonds. The summed E-state index contributed by atoms with van der Waals surface area (Å²) in [7, 11) is 0. The molecule has 1 aliphatic heterocycles. The van der Waals surface area contributed by atoms with Crippen LogP contribution in [-0.4, -0.2) is 31.9 Å². The monoisotopic (exact) mass is 481 g/mol. The highest BCUT2D eigenvalue weighted by molar-refractivity contribution is 5.89. The summed E-state index contributed by atoms with van der Waals surface area (Å²) >= 11 is 0. The van der Waals surface area contributed by atoms with Crippen molar-refractivity contribution >= 4 is 28.7 Å². The maximum Gasteiger partial charge on any atom is 0.468 e. The maximum atomic E-state index is 15.4. The number of alkyl halides is 4. The first-order chi connectivity index (χ1) is 15.6. The number of fused-ring (bicyclic) bond motifs is 1. The number of hydrogen-bond acceptors (Lipinski definition) is 6. The van der Waals surface area contributed by atoms with Gasteiger partial charge in [-0.15, -0.1) is 0 Å². The molecule has 1 saturated heterocycles. The van der Waals surface area contributed by atoms with E-state index in [2.05, 4.69) is 14.7 Å². The number of halogens is 4. The highest BCUT2D eigenvalue weighted by Gasteiger charge is 2.47. The van der Waals surface area contributed by atoms with Crippen LogP contribution in [0.3, 0.4) is 0 Å². The average molecular weight is 481 g/mol. The summed E-state index contributed by atoms with van der Waals surface area (Å²) in [4.78, 5) is 3.43. The molecule has 0 radical (unpaired) electrons. The second-order valence-electron chi connectivity index (χ2n) is 9.92. The number of aromatic nitrogens is 2. The number of nitrogens with one attached hydrogen (secondary N) is 1. The van der Waals surface area contributed by atoms with Crippen LogP contribution in [0.15, 0.2) is 28.8 Å². The number of oxazole rings is 1. The zero-order valence-electron chi connectivity index (χ0n) is 19.2. The van der Waals surface area contributed by atoms with E-state index in [4.69, 9.17) is 11.5 Å². The lowest BCUT2D eigenvalue weighted by molar-refractivity contribution is -0.156. The van der Waals surface area contributed by atoms with E-state index in [1.807, 2.05) is 13.8 Å². The van der Waals surface area contributed by atoms with Crippen LogP contribution in [0.4, 0.5) is 23.4 Å². The van der Waals surface area contributed by atoms with Crippen molar-refractivity contribution in [1.82, 2.24) is 14.9 Å². The molecular formula is C23H27F4N5O2. The zero-order chi connectivity index (χ0) is 25.2. The first kappa shape index (κ1) is 23.9. The second kappa shape index (κ2) is 7.66. The van der Waals surface area contributed by atoms with Crippen LogP contribution < -0.4 is 16.8 Å². The Balaban J connectivity index is 1.69. The number of nitrogen functional groups attached to an aromatic ring is 1. The molecule has 0 aliphatic carbocycles. The molecule has 7 nitrogen and oxygen atoms in total. The van der Waals surface area contributed by atoms with Gasteiger partial charge in [0.05, 0.1) is 6.04 Å². The molecule has 3 heterocycles. The summed E-state index contributed by atoms with van der Waals surface area (Å²) in [6.45, 7) is 7.60. The highest BCUT2D eigenvalue weighted by atomic mass is 19.4. The summed E-state index contributed by atoms with van der Waals surface area (Å²) in [5.74, 6) is -1.52. The predicted molar refractivity (Wildman–Crippen MR) is 121 cm³/mol. The van der Waals surface area contributed by atoms with Crippen molar-refractivity contribution in [3.05, 3.63) is 41.4 Å². The Hall–Kier alpha value is -3.21. The van der Waals surface area contributed by atoms with Crippen LogP contribution in [0.2, 0.25) is 0 Å². The predicted octanol–water partition coefficient (Wildman–Crippen LogP) is 4.82. The van der Waals surface area contributed by atoms with Crippen LogP contribution in [0, 0.1) is 0 Å². The molecule has 184 valence electrons. The first-order valence-electron chi connectivity index (χ1n) is 10.7. The molecule has 4 rings (SSSR count). The quantitative estimate of drug-likeness (QED) is 0.399. The smallest absolute Gasteiger partial charge is 0.468 e. The maximum absolute atomic E-state index is 15.4. The molecular weight excluding hydrogens is 454 g/mol. The van der Waals surface area contributed by atoms with Gasteiger partial charge in [0.25, 0.3) is 0 Å². The number of phenols is 1. The Morgan fingerprint density at radius 3 is 2.62 bits per heavy atom. The lowest BCUT2D eigenvalue weighted by Crippen LogP contribution is -2.64. The summed E-state index contributed by atoms with van der Waals surface area (Å²) < 4.78 is 60.4. The molecule has 3 aromatic rings. The molecule has 34 heavy (non-hydrogen) atoms. The molecule has 6 N–H and O–H groups in total. The number of aromatic hydroxyl groups is 1. The minimum atomic E-state index is -4.76. The summed E-state index contributed by atoms with van der Waals surface area (Å²) in [6.07, 6.45) is -2.33. The first-order valence-corrected chi connectivity index (χ1v) is 10.7. The van der Waals surface area contributed by atoms with Gasteiger partial charge in [-0.25, -0.2) is 9.37 Å². The molecule has 2 atom stereocenters. The lowest BCUT2D eigenvalue weighted by atomic mass is 9.78. The number of anilines is 1. The molecule has 0 saturated carbocycles. The number of rotatable bonds is 3. The molecule has 2 aromatic heterocycles. The van der Waals surface area contributed by atoms with E-state index in [9.17, 15) is 18.3 Å². The molecule has 1 aromatic carbocycles. The van der Waals surface area contributed by atoms with Gasteiger partial charge >= 0.3 is 12.1 Å². The van der Waals surface area contributed by atoms with Gasteiger partial charge in [-0.2, -0.15) is 13.2 Å². The van der Waals surface area contributed by atoms with E-state index in [1.54, 1.807) is 30.7 Å². The normalized spacial score (nSPS) is 22.9.